The second-order valence-electron chi connectivity index (χ2n) is 5.62. The van der Waals surface area contributed by atoms with Crippen molar-refractivity contribution in [2.75, 3.05) is 39.3 Å². The molecular formula is C16H21N3O. The normalized spacial score (nSPS) is 23.2. The molecule has 4 heteroatoms. The van der Waals surface area contributed by atoms with Gasteiger partial charge in [-0.05, 0) is 43.7 Å². The predicted molar refractivity (Wildman–Crippen MR) is 77.7 cm³/mol. The topological polar surface area (TPSA) is 39.5 Å². The molecule has 3 rings (SSSR count). The highest BCUT2D eigenvalue weighted by molar-refractivity contribution is 5.34. The minimum atomic E-state index is 0.676. The Balaban J connectivity index is 1.42. The van der Waals surface area contributed by atoms with Crippen molar-refractivity contribution in [2.45, 2.75) is 18.9 Å². The Morgan fingerprint density at radius 1 is 1.20 bits per heavy atom. The molecule has 0 radical (unpaired) electrons. The number of benzene rings is 1. The summed E-state index contributed by atoms with van der Waals surface area (Å²) in [6.45, 7) is 6.56. The van der Waals surface area contributed by atoms with Crippen molar-refractivity contribution in [1.29, 1.82) is 5.26 Å². The fraction of sp³-hybridized carbons (Fsp3) is 0.562. The van der Waals surface area contributed by atoms with E-state index in [1.807, 2.05) is 12.1 Å². The molecule has 0 spiro atoms. The van der Waals surface area contributed by atoms with Gasteiger partial charge in [0.05, 0.1) is 11.6 Å². The molecule has 106 valence electrons. The zero-order valence-corrected chi connectivity index (χ0v) is 11.8. The third kappa shape index (κ3) is 3.12. The van der Waals surface area contributed by atoms with Gasteiger partial charge in [-0.2, -0.15) is 5.26 Å². The fourth-order valence-corrected chi connectivity index (χ4v) is 3.18. The molecule has 0 N–H and O–H groups in total. The molecule has 2 saturated heterocycles. The molecule has 4 nitrogen and oxygen atoms in total. The van der Waals surface area contributed by atoms with Crippen molar-refractivity contribution >= 4 is 0 Å². The third-order valence-electron chi connectivity index (χ3n) is 4.33. The molecule has 1 aromatic carbocycles. The molecule has 2 aliphatic heterocycles. The van der Waals surface area contributed by atoms with Gasteiger partial charge in [0.1, 0.15) is 12.4 Å². The van der Waals surface area contributed by atoms with Gasteiger partial charge in [-0.15, -0.1) is 0 Å². The van der Waals surface area contributed by atoms with Crippen molar-refractivity contribution in [3.8, 4) is 11.8 Å². The molecule has 0 aromatic heterocycles. The molecule has 20 heavy (non-hydrogen) atoms. The van der Waals surface area contributed by atoms with E-state index >= 15 is 0 Å². The highest BCUT2D eigenvalue weighted by Crippen LogP contribution is 2.21. The van der Waals surface area contributed by atoms with E-state index in [4.69, 9.17) is 10.00 Å². The minimum absolute atomic E-state index is 0.676. The molecule has 0 saturated carbocycles. The van der Waals surface area contributed by atoms with E-state index in [2.05, 4.69) is 15.9 Å². The van der Waals surface area contributed by atoms with Crippen molar-refractivity contribution < 1.29 is 4.74 Å². The van der Waals surface area contributed by atoms with Crippen molar-refractivity contribution in [3.05, 3.63) is 29.8 Å². The minimum Gasteiger partial charge on any atom is -0.492 e. The Bertz CT molecular complexity index is 479. The Morgan fingerprint density at radius 2 is 2.05 bits per heavy atom. The Labute approximate surface area is 120 Å². The molecule has 1 aromatic rings. The first-order chi connectivity index (χ1) is 9.85. The summed E-state index contributed by atoms with van der Waals surface area (Å²) >= 11 is 0. The summed E-state index contributed by atoms with van der Waals surface area (Å²) in [4.78, 5) is 5.13. The molecular weight excluding hydrogens is 250 g/mol. The first-order valence-corrected chi connectivity index (χ1v) is 7.44. The summed E-state index contributed by atoms with van der Waals surface area (Å²) in [6.07, 6.45) is 2.72. The van der Waals surface area contributed by atoms with Crippen LogP contribution >= 0.6 is 0 Å². The fourth-order valence-electron chi connectivity index (χ4n) is 3.18. The lowest BCUT2D eigenvalue weighted by atomic mass is 10.1. The summed E-state index contributed by atoms with van der Waals surface area (Å²) in [5, 5.41) is 8.75. The van der Waals surface area contributed by atoms with Gasteiger partial charge in [-0.25, -0.2) is 0 Å². The molecule has 0 bridgehead atoms. The van der Waals surface area contributed by atoms with Gasteiger partial charge < -0.3 is 4.74 Å². The predicted octanol–water partition coefficient (Wildman–Crippen LogP) is 1.72. The summed E-state index contributed by atoms with van der Waals surface area (Å²) in [5.41, 5.74) is 0.676. The first kappa shape index (κ1) is 13.4. The summed E-state index contributed by atoms with van der Waals surface area (Å²) in [7, 11) is 0. The lowest BCUT2D eigenvalue weighted by Crippen LogP contribution is -2.50. The van der Waals surface area contributed by atoms with E-state index in [1.165, 1.54) is 32.5 Å². The van der Waals surface area contributed by atoms with Crippen LogP contribution in [0.4, 0.5) is 0 Å². The Kier molecular flexibility index (Phi) is 4.19. The number of rotatable bonds is 4. The van der Waals surface area contributed by atoms with Crippen molar-refractivity contribution in [3.63, 3.8) is 0 Å². The van der Waals surface area contributed by atoms with Crippen LogP contribution in [0.3, 0.4) is 0 Å². The van der Waals surface area contributed by atoms with Gasteiger partial charge in [0.25, 0.3) is 0 Å². The second kappa shape index (κ2) is 6.25. The van der Waals surface area contributed by atoms with E-state index < -0.39 is 0 Å². The van der Waals surface area contributed by atoms with Crippen LogP contribution in [0.1, 0.15) is 18.4 Å². The Hall–Kier alpha value is -1.57. The van der Waals surface area contributed by atoms with Gasteiger partial charge in [0.15, 0.2) is 0 Å². The van der Waals surface area contributed by atoms with Crippen LogP contribution < -0.4 is 4.74 Å². The molecule has 2 aliphatic rings. The van der Waals surface area contributed by atoms with Gasteiger partial charge in [0, 0.05) is 32.2 Å². The number of nitrogens with zero attached hydrogens (tertiary/aromatic N) is 3. The van der Waals surface area contributed by atoms with Crippen LogP contribution in [0.2, 0.25) is 0 Å². The number of ether oxygens (including phenoxy) is 1. The number of fused-ring (bicyclic) bond motifs is 1. The molecule has 1 unspecified atom stereocenters. The molecule has 2 fully saturated rings. The molecule has 0 aliphatic carbocycles. The third-order valence-corrected chi connectivity index (χ3v) is 4.33. The monoisotopic (exact) mass is 271 g/mol. The maximum atomic E-state index is 8.75. The van der Waals surface area contributed by atoms with E-state index in [1.54, 1.807) is 12.1 Å². The number of nitriles is 1. The molecule has 0 amide bonds. The van der Waals surface area contributed by atoms with Gasteiger partial charge >= 0.3 is 0 Å². The largest absolute Gasteiger partial charge is 0.492 e. The molecule has 2 heterocycles. The van der Waals surface area contributed by atoms with Crippen LogP contribution in [0.25, 0.3) is 0 Å². The van der Waals surface area contributed by atoms with Crippen LogP contribution in [0.15, 0.2) is 24.3 Å². The van der Waals surface area contributed by atoms with E-state index in [0.29, 0.717) is 5.56 Å². The van der Waals surface area contributed by atoms with Crippen LogP contribution in [0.5, 0.6) is 5.75 Å². The van der Waals surface area contributed by atoms with Crippen molar-refractivity contribution in [1.82, 2.24) is 9.80 Å². The van der Waals surface area contributed by atoms with Crippen LogP contribution in [-0.4, -0.2) is 55.2 Å². The van der Waals surface area contributed by atoms with Gasteiger partial charge in [0.2, 0.25) is 0 Å². The first-order valence-electron chi connectivity index (χ1n) is 7.44. The molecule has 1 atom stereocenters. The smallest absolute Gasteiger partial charge is 0.119 e. The number of piperazine rings is 1. The van der Waals surface area contributed by atoms with Crippen molar-refractivity contribution in [2.24, 2.45) is 0 Å². The maximum Gasteiger partial charge on any atom is 0.119 e. The zero-order valence-electron chi connectivity index (χ0n) is 11.8. The van der Waals surface area contributed by atoms with E-state index in [9.17, 15) is 0 Å². The van der Waals surface area contributed by atoms with Crippen LogP contribution in [0, 0.1) is 11.3 Å². The van der Waals surface area contributed by atoms with Crippen LogP contribution in [-0.2, 0) is 0 Å². The highest BCUT2D eigenvalue weighted by atomic mass is 16.5. The van der Waals surface area contributed by atoms with E-state index in [0.717, 1.165) is 31.5 Å². The zero-order chi connectivity index (χ0) is 13.8. The van der Waals surface area contributed by atoms with Gasteiger partial charge in [-0.1, -0.05) is 0 Å². The highest BCUT2D eigenvalue weighted by Gasteiger charge is 2.30. The SMILES string of the molecule is N#Cc1ccc(OCCN2CCN3CCCC3C2)cc1. The van der Waals surface area contributed by atoms with E-state index in [-0.39, 0.29) is 0 Å². The summed E-state index contributed by atoms with van der Waals surface area (Å²) in [6, 6.07) is 10.2. The number of hydrogen-bond acceptors (Lipinski definition) is 4. The lowest BCUT2D eigenvalue weighted by Gasteiger charge is -2.37. The summed E-state index contributed by atoms with van der Waals surface area (Å²) in [5.74, 6) is 0.850. The lowest BCUT2D eigenvalue weighted by molar-refractivity contribution is 0.0923. The standard InChI is InChI=1S/C16H21N3O/c17-12-14-3-5-16(6-4-14)20-11-10-18-8-9-19-7-1-2-15(19)13-18/h3-6,15H,1-2,7-11,13H2. The average Bonchev–Trinajstić information content (AvgIpc) is 2.95. The Morgan fingerprint density at radius 3 is 2.85 bits per heavy atom. The number of hydrogen-bond donors (Lipinski definition) is 0. The summed E-state index contributed by atoms with van der Waals surface area (Å²) < 4.78 is 5.75. The average molecular weight is 271 g/mol. The second-order valence-corrected chi connectivity index (χ2v) is 5.62. The quantitative estimate of drug-likeness (QED) is 0.836. The maximum absolute atomic E-state index is 8.75. The van der Waals surface area contributed by atoms with Gasteiger partial charge in [-0.3, -0.25) is 9.80 Å².